The first-order chi connectivity index (χ1) is 13.8. The van der Waals surface area contributed by atoms with Crippen LogP contribution in [0.2, 0.25) is 0 Å². The summed E-state index contributed by atoms with van der Waals surface area (Å²) in [5.74, 6) is 1.41. The Hall–Kier alpha value is -1.55. The second-order valence-corrected chi connectivity index (χ2v) is 8.47. The summed E-state index contributed by atoms with van der Waals surface area (Å²) < 4.78 is 10.9. The first kappa shape index (κ1) is 26.5. The van der Waals surface area contributed by atoms with Crippen LogP contribution < -0.4 is 20.7 Å². The summed E-state index contributed by atoms with van der Waals surface area (Å²) in [7, 11) is 1.68. The number of ether oxygens (including phenoxy) is 2. The van der Waals surface area contributed by atoms with Crippen LogP contribution in [0, 0.1) is 0 Å². The number of aliphatic imine (C=N–C) groups is 1. The molecular weight excluding hydrogens is 495 g/mol. The molecule has 1 fully saturated rings. The van der Waals surface area contributed by atoms with Crippen LogP contribution >= 0.6 is 24.0 Å². The van der Waals surface area contributed by atoms with Crippen molar-refractivity contribution >= 4 is 35.8 Å². The Labute approximate surface area is 197 Å². The first-order valence-corrected chi connectivity index (χ1v) is 10.3. The van der Waals surface area contributed by atoms with Gasteiger partial charge in [0.1, 0.15) is 12.3 Å². The molecule has 0 saturated carbocycles. The minimum Gasteiger partial charge on any atom is -0.497 e. The van der Waals surface area contributed by atoms with Crippen molar-refractivity contribution in [2.24, 2.45) is 4.99 Å². The number of guanidine groups is 1. The lowest BCUT2D eigenvalue weighted by atomic mass is 9.74. The highest BCUT2D eigenvalue weighted by molar-refractivity contribution is 14.0. The largest absolute Gasteiger partial charge is 0.497 e. The Morgan fingerprint density at radius 1 is 1.17 bits per heavy atom. The van der Waals surface area contributed by atoms with Crippen LogP contribution in [0.5, 0.6) is 5.75 Å². The standard InChI is InChI=1S/C22H36N4O3.HI/c1-6-23-20(24-15-19(27)26-21(2,3)4)25-16-22(11-13-29-14-12-22)17-7-9-18(28-5)10-8-17;/h7-10H,6,11-16H2,1-5H3,(H,26,27)(H2,23,24,25);1H. The molecule has 7 nitrogen and oxygen atoms in total. The molecule has 0 aliphatic carbocycles. The van der Waals surface area contributed by atoms with Crippen molar-refractivity contribution in [3.63, 3.8) is 0 Å². The van der Waals surface area contributed by atoms with Gasteiger partial charge >= 0.3 is 0 Å². The number of amides is 1. The van der Waals surface area contributed by atoms with E-state index < -0.39 is 0 Å². The third-order valence-electron chi connectivity index (χ3n) is 4.99. The molecule has 30 heavy (non-hydrogen) atoms. The SMILES string of the molecule is CCNC(=NCC(=O)NC(C)(C)C)NCC1(c2ccc(OC)cc2)CCOCC1.I. The number of nitrogens with one attached hydrogen (secondary N) is 3. The zero-order valence-electron chi connectivity index (χ0n) is 18.8. The molecule has 0 aromatic heterocycles. The Kier molecular flexibility index (Phi) is 10.9. The molecule has 170 valence electrons. The molecule has 1 aromatic rings. The van der Waals surface area contributed by atoms with Gasteiger partial charge in [-0.15, -0.1) is 24.0 Å². The Bertz CT molecular complexity index is 681. The van der Waals surface area contributed by atoms with Crippen LogP contribution in [-0.2, 0) is 14.9 Å². The number of hydrogen-bond acceptors (Lipinski definition) is 4. The van der Waals surface area contributed by atoms with Gasteiger partial charge in [-0.2, -0.15) is 0 Å². The third-order valence-corrected chi connectivity index (χ3v) is 4.99. The predicted molar refractivity (Wildman–Crippen MR) is 132 cm³/mol. The fourth-order valence-electron chi connectivity index (χ4n) is 3.48. The Morgan fingerprint density at radius 3 is 2.33 bits per heavy atom. The minimum absolute atomic E-state index is 0. The van der Waals surface area contributed by atoms with Gasteiger partial charge in [0, 0.05) is 37.3 Å². The maximum absolute atomic E-state index is 12.1. The number of nitrogens with zero attached hydrogens (tertiary/aromatic N) is 1. The Balaban J connectivity index is 0.00000450. The van der Waals surface area contributed by atoms with Gasteiger partial charge in [0.25, 0.3) is 0 Å². The summed E-state index contributed by atoms with van der Waals surface area (Å²) in [6, 6.07) is 8.27. The van der Waals surface area contributed by atoms with Crippen molar-refractivity contribution < 1.29 is 14.3 Å². The summed E-state index contributed by atoms with van der Waals surface area (Å²) in [4.78, 5) is 16.6. The number of methoxy groups -OCH3 is 1. The number of hydrogen-bond donors (Lipinski definition) is 3. The normalized spacial score (nSPS) is 16.2. The van der Waals surface area contributed by atoms with Gasteiger partial charge < -0.3 is 25.4 Å². The molecule has 0 bridgehead atoms. The van der Waals surface area contributed by atoms with Gasteiger partial charge in [0.2, 0.25) is 5.91 Å². The van der Waals surface area contributed by atoms with E-state index in [1.54, 1.807) is 7.11 Å². The second-order valence-electron chi connectivity index (χ2n) is 8.47. The van der Waals surface area contributed by atoms with Gasteiger partial charge in [-0.05, 0) is 58.2 Å². The molecule has 0 radical (unpaired) electrons. The van der Waals surface area contributed by atoms with Gasteiger partial charge in [-0.1, -0.05) is 12.1 Å². The maximum Gasteiger partial charge on any atom is 0.242 e. The number of carbonyl (C=O) groups is 1. The third kappa shape index (κ3) is 8.29. The summed E-state index contributed by atoms with van der Waals surface area (Å²) in [5, 5.41) is 9.62. The van der Waals surface area contributed by atoms with Crippen molar-refractivity contribution in [3.05, 3.63) is 29.8 Å². The van der Waals surface area contributed by atoms with Gasteiger partial charge in [-0.25, -0.2) is 4.99 Å². The van der Waals surface area contributed by atoms with Gasteiger partial charge in [0.15, 0.2) is 5.96 Å². The van der Waals surface area contributed by atoms with E-state index in [2.05, 4.69) is 33.1 Å². The maximum atomic E-state index is 12.1. The fourth-order valence-corrected chi connectivity index (χ4v) is 3.48. The quantitative estimate of drug-likeness (QED) is 0.286. The average Bonchev–Trinajstić information content (AvgIpc) is 2.69. The molecule has 1 saturated heterocycles. The highest BCUT2D eigenvalue weighted by Crippen LogP contribution is 2.35. The van der Waals surface area contributed by atoms with Crippen LogP contribution in [0.1, 0.15) is 46.1 Å². The molecule has 8 heteroatoms. The predicted octanol–water partition coefficient (Wildman–Crippen LogP) is 2.83. The Morgan fingerprint density at radius 2 is 1.80 bits per heavy atom. The summed E-state index contributed by atoms with van der Waals surface area (Å²) in [6.45, 7) is 10.9. The molecule has 1 heterocycles. The molecule has 3 N–H and O–H groups in total. The summed E-state index contributed by atoms with van der Waals surface area (Å²) in [5.41, 5.74) is 0.947. The van der Waals surface area contributed by atoms with Crippen molar-refractivity contribution in [3.8, 4) is 5.75 Å². The number of carbonyl (C=O) groups excluding carboxylic acids is 1. The van der Waals surface area contributed by atoms with E-state index in [0.717, 1.165) is 44.9 Å². The smallest absolute Gasteiger partial charge is 0.242 e. The lowest BCUT2D eigenvalue weighted by molar-refractivity contribution is -0.121. The van der Waals surface area contributed by atoms with E-state index in [9.17, 15) is 4.79 Å². The average molecular weight is 532 g/mol. The van der Waals surface area contributed by atoms with Crippen LogP contribution in [0.15, 0.2) is 29.3 Å². The molecule has 1 aliphatic rings. The molecule has 0 unspecified atom stereocenters. The number of benzene rings is 1. The van der Waals surface area contributed by atoms with Gasteiger partial charge in [-0.3, -0.25) is 4.79 Å². The van der Waals surface area contributed by atoms with Crippen molar-refractivity contribution in [1.82, 2.24) is 16.0 Å². The van der Waals surface area contributed by atoms with E-state index in [1.807, 2.05) is 39.8 Å². The molecule has 1 amide bonds. The van der Waals surface area contributed by atoms with Crippen molar-refractivity contribution in [2.45, 2.75) is 51.5 Å². The molecule has 0 atom stereocenters. The highest BCUT2D eigenvalue weighted by Gasteiger charge is 2.34. The summed E-state index contributed by atoms with van der Waals surface area (Å²) in [6.07, 6.45) is 1.85. The van der Waals surface area contributed by atoms with E-state index in [1.165, 1.54) is 5.56 Å². The lowest BCUT2D eigenvalue weighted by Crippen LogP contribution is -2.48. The van der Waals surface area contributed by atoms with E-state index >= 15 is 0 Å². The molecule has 2 rings (SSSR count). The molecular formula is C22H37IN4O3. The molecule has 1 aromatic carbocycles. The van der Waals surface area contributed by atoms with Crippen molar-refractivity contribution in [1.29, 1.82) is 0 Å². The van der Waals surface area contributed by atoms with E-state index in [-0.39, 0.29) is 47.4 Å². The highest BCUT2D eigenvalue weighted by atomic mass is 127. The molecule has 1 aliphatic heterocycles. The van der Waals surface area contributed by atoms with Crippen LogP contribution in [0.3, 0.4) is 0 Å². The van der Waals surface area contributed by atoms with Crippen LogP contribution in [0.25, 0.3) is 0 Å². The number of halogens is 1. The monoisotopic (exact) mass is 532 g/mol. The zero-order valence-corrected chi connectivity index (χ0v) is 21.2. The topological polar surface area (TPSA) is 84.0 Å². The van der Waals surface area contributed by atoms with Crippen LogP contribution in [0.4, 0.5) is 0 Å². The van der Waals surface area contributed by atoms with E-state index in [0.29, 0.717) is 5.96 Å². The second kappa shape index (κ2) is 12.3. The zero-order chi connectivity index (χ0) is 21.3. The lowest BCUT2D eigenvalue weighted by Gasteiger charge is -2.38. The molecule has 0 spiro atoms. The van der Waals surface area contributed by atoms with Crippen LogP contribution in [-0.4, -0.2) is 57.4 Å². The minimum atomic E-state index is -0.265. The number of rotatable bonds is 7. The van der Waals surface area contributed by atoms with Gasteiger partial charge in [0.05, 0.1) is 7.11 Å². The van der Waals surface area contributed by atoms with Crippen molar-refractivity contribution in [2.75, 3.05) is 40.0 Å². The first-order valence-electron chi connectivity index (χ1n) is 10.3. The van der Waals surface area contributed by atoms with E-state index in [4.69, 9.17) is 9.47 Å². The fraction of sp³-hybridized carbons (Fsp3) is 0.636. The summed E-state index contributed by atoms with van der Waals surface area (Å²) >= 11 is 0.